The van der Waals surface area contributed by atoms with Crippen LogP contribution in [0.4, 0.5) is 0 Å². The smallest absolute Gasteiger partial charge is 0.329 e. The summed E-state index contributed by atoms with van der Waals surface area (Å²) in [5.74, 6) is -16.1. The number of benzene rings is 1. The van der Waals surface area contributed by atoms with E-state index in [9.17, 15) is 62.3 Å². The third-order valence-corrected chi connectivity index (χ3v) is 19.6. The van der Waals surface area contributed by atoms with E-state index in [0.717, 1.165) is 13.3 Å². The summed E-state index contributed by atoms with van der Waals surface area (Å²) >= 11 is 0. The van der Waals surface area contributed by atoms with E-state index in [-0.39, 0.29) is 63.2 Å². The fourth-order valence-electron chi connectivity index (χ4n) is 12.5. The Balaban J connectivity index is 2.02. The van der Waals surface area contributed by atoms with E-state index in [1.807, 2.05) is 13.8 Å². The zero-order valence-corrected chi connectivity index (χ0v) is 67.1. The molecule has 0 saturated carbocycles. The van der Waals surface area contributed by atoms with Crippen molar-refractivity contribution in [1.29, 1.82) is 0 Å². The fraction of sp³-hybridized carbons (Fsp3) is 0.701. The second-order valence-electron chi connectivity index (χ2n) is 30.8. The molecule has 1 aromatic rings. The van der Waals surface area contributed by atoms with Crippen molar-refractivity contribution in [2.75, 3.05) is 13.1 Å². The number of allylic oxidation sites excluding steroid dienone is 1. The van der Waals surface area contributed by atoms with Crippen LogP contribution < -0.4 is 69.5 Å². The monoisotopic (exact) mass is 1520 g/mol. The lowest BCUT2D eigenvalue weighted by Crippen LogP contribution is -2.64. The second kappa shape index (κ2) is 45.1. The molecule has 0 radical (unpaired) electrons. The highest BCUT2D eigenvalue weighted by Crippen LogP contribution is 2.23. The van der Waals surface area contributed by atoms with Gasteiger partial charge in [0.05, 0.1) is 0 Å². The van der Waals surface area contributed by atoms with E-state index in [2.05, 4.69) is 63.8 Å². The normalized spacial score (nSPS) is 22.2. The molecule has 3 rings (SSSR count). The van der Waals surface area contributed by atoms with Crippen molar-refractivity contribution >= 4 is 88.7 Å². The van der Waals surface area contributed by atoms with Crippen LogP contribution in [0.2, 0.25) is 0 Å². The number of likely N-dealkylation sites (tertiary alicyclic amines) is 1. The molecular weight excluding hydrogens is 1390 g/mol. The Morgan fingerprint density at radius 3 is 1.69 bits per heavy atom. The molecule has 0 spiro atoms. The standard InChI is InChI=1S/C77H126N14O17/c1-21-45(16)61(73(102)90-64-48(19)108-77(106)60(44(14)15)86-65(94)51(23-3)79-67(96)53(38-50-31-25-24-26-32-50)81-69(98)57(41(8)9)83-72(101)62(46(17)22-2)88-75(64)104)87-66(95)52(33-28-36-78)80-68(97)54-34-29-37-91(54)76(105)59(43(12)13)85-71(100)58(42(10)11)84-74(103)63(47(18)107-49(20)92)89-70(99)56(40(6)7)82-55(93)35-27-30-39(4)5/h23-26,31-32,39-48,52-54,56-64H,21-22,27-30,33-38,78H2,1-20H3,(H,79,96)(H,80,97)(H,81,98)(H,82,93)(H,83,101)(H,84,103)(H,85,100)(H,86,94)(H,87,95)(H,88,104)(H,89,99)(H,90,102)/b51-23-/t45-,46-,47+,48+,52-,53-,54+,56+,57+,58-,59+,60-,61+,62+,63-,64+/m0/s1. The van der Waals surface area contributed by atoms with Crippen LogP contribution in [0.5, 0.6) is 0 Å². The van der Waals surface area contributed by atoms with Gasteiger partial charge in [-0.3, -0.25) is 67.1 Å². The fourth-order valence-corrected chi connectivity index (χ4v) is 12.5. The maximum absolute atomic E-state index is 15.1. The average molecular weight is 1520 g/mol. The molecule has 13 amide bonds. The highest BCUT2D eigenvalue weighted by Gasteiger charge is 2.45. The topological polar surface area (TPSA) is 448 Å². The summed E-state index contributed by atoms with van der Waals surface area (Å²) in [5.41, 5.74) is 6.34. The number of rotatable bonds is 34. The first-order valence-electron chi connectivity index (χ1n) is 38.4. The summed E-state index contributed by atoms with van der Waals surface area (Å²) in [5, 5.41) is 32.5. The Morgan fingerprint density at radius 1 is 0.611 bits per heavy atom. The molecule has 2 heterocycles. The van der Waals surface area contributed by atoms with Crippen LogP contribution in [0.15, 0.2) is 42.1 Å². The molecule has 16 atom stereocenters. The quantitative estimate of drug-likeness (QED) is 0.0348. The van der Waals surface area contributed by atoms with Gasteiger partial charge in [-0.1, -0.05) is 166 Å². The summed E-state index contributed by atoms with van der Waals surface area (Å²) in [6.07, 6.45) is 1.09. The van der Waals surface area contributed by atoms with Crippen molar-refractivity contribution in [3.63, 3.8) is 0 Å². The third-order valence-electron chi connectivity index (χ3n) is 19.6. The first-order chi connectivity index (χ1) is 50.6. The van der Waals surface area contributed by atoms with Crippen LogP contribution in [0.1, 0.15) is 202 Å². The lowest BCUT2D eigenvalue weighted by atomic mass is 9.95. The van der Waals surface area contributed by atoms with Crippen LogP contribution in [-0.4, -0.2) is 191 Å². The summed E-state index contributed by atoms with van der Waals surface area (Å²) in [7, 11) is 0. The van der Waals surface area contributed by atoms with Gasteiger partial charge in [0.15, 0.2) is 0 Å². The molecule has 2 fully saturated rings. The number of amides is 13. The number of cyclic esters (lactones) is 1. The van der Waals surface area contributed by atoms with Crippen LogP contribution in [-0.2, 0) is 87.8 Å². The number of nitrogens with two attached hydrogens (primary N) is 1. The molecule has 2 aliphatic rings. The highest BCUT2D eigenvalue weighted by molar-refractivity contribution is 6.03. The molecule has 31 nitrogen and oxygen atoms in total. The molecule has 2 aliphatic heterocycles. The highest BCUT2D eigenvalue weighted by atomic mass is 16.5. The van der Waals surface area contributed by atoms with Gasteiger partial charge in [0.2, 0.25) is 70.9 Å². The predicted octanol–water partition coefficient (Wildman–Crippen LogP) is 2.41. The molecule has 0 aromatic heterocycles. The van der Waals surface area contributed by atoms with Gasteiger partial charge in [-0.15, -0.1) is 0 Å². The van der Waals surface area contributed by atoms with Crippen molar-refractivity contribution in [2.24, 2.45) is 53.1 Å². The van der Waals surface area contributed by atoms with Crippen LogP contribution in [0.25, 0.3) is 0 Å². The Hall–Kier alpha value is -9.03. The van der Waals surface area contributed by atoms with E-state index in [1.165, 1.54) is 31.7 Å². The van der Waals surface area contributed by atoms with Gasteiger partial charge >= 0.3 is 11.9 Å². The molecule has 108 heavy (non-hydrogen) atoms. The average Bonchev–Trinajstić information content (AvgIpc) is 1.57. The molecular formula is C77H126N14O17. The number of ether oxygens (including phenoxy) is 2. The minimum absolute atomic E-state index is 0.0385. The molecule has 1 aromatic carbocycles. The summed E-state index contributed by atoms with van der Waals surface area (Å²) in [4.78, 5) is 215. The van der Waals surface area contributed by atoms with Crippen molar-refractivity contribution in [3.05, 3.63) is 47.7 Å². The number of carbonyl (C=O) groups excluding carboxylic acids is 15. The van der Waals surface area contributed by atoms with Crippen molar-refractivity contribution in [3.8, 4) is 0 Å². The first-order valence-corrected chi connectivity index (χ1v) is 38.4. The van der Waals surface area contributed by atoms with E-state index in [4.69, 9.17) is 15.2 Å². The predicted molar refractivity (Wildman–Crippen MR) is 405 cm³/mol. The second-order valence-corrected chi connectivity index (χ2v) is 30.8. The summed E-state index contributed by atoms with van der Waals surface area (Å²) in [6, 6.07) is -7.83. The van der Waals surface area contributed by atoms with E-state index in [0.29, 0.717) is 30.7 Å². The number of nitrogens with zero attached hydrogens (tertiary/aromatic N) is 1. The number of esters is 2. The lowest BCUT2D eigenvalue weighted by Gasteiger charge is -2.34. The van der Waals surface area contributed by atoms with Gasteiger partial charge in [-0.2, -0.15) is 0 Å². The number of hydrogen-bond donors (Lipinski definition) is 13. The number of carbonyl (C=O) groups is 15. The molecule has 31 heteroatoms. The molecule has 606 valence electrons. The third kappa shape index (κ3) is 28.5. The number of hydrogen-bond acceptors (Lipinski definition) is 18. The maximum Gasteiger partial charge on any atom is 0.329 e. The molecule has 14 N–H and O–H groups in total. The maximum atomic E-state index is 15.1. The van der Waals surface area contributed by atoms with E-state index in [1.54, 1.807) is 127 Å². The molecule has 0 aliphatic carbocycles. The molecule has 0 bridgehead atoms. The SMILES string of the molecule is C/C=C1\NC(=O)[C@H](Cc2ccccc2)NC(=O)[C@@H](C(C)C)NC(=O)[C@@H]([C@@H](C)CC)NC(=O)[C@H](NC(=O)[C@H](NC(=O)[C@H](CCCN)NC(=O)[C@H]2CCCN2C(=O)[C@H](NC(=O)[C@@H](NC(=O)[C@@H](NC(=O)[C@H](NC(=O)CCCC(C)C)C(C)C)[C@@H](C)OC(C)=O)C(C)C)C(C)C)[C@@H](C)CC)[C@@H](C)OC(=O)[C@H](C(C)C)NC1=O. The van der Waals surface area contributed by atoms with Gasteiger partial charge in [-0.05, 0) is 112 Å². The lowest BCUT2D eigenvalue weighted by molar-refractivity contribution is -0.157. The van der Waals surface area contributed by atoms with Gasteiger partial charge in [0.25, 0.3) is 5.91 Å². The van der Waals surface area contributed by atoms with Gasteiger partial charge < -0.3 is 83.9 Å². The Kier molecular flexibility index (Phi) is 38.9. The van der Waals surface area contributed by atoms with Crippen molar-refractivity contribution in [1.82, 2.24) is 68.7 Å². The summed E-state index contributed by atoms with van der Waals surface area (Å²) < 4.78 is 11.3. The Bertz CT molecular complexity index is 3290. The Morgan fingerprint density at radius 2 is 1.16 bits per heavy atom. The zero-order chi connectivity index (χ0) is 81.7. The van der Waals surface area contributed by atoms with Crippen molar-refractivity contribution < 1.29 is 81.4 Å². The first kappa shape index (κ1) is 93.2. The van der Waals surface area contributed by atoms with Crippen LogP contribution >= 0.6 is 0 Å². The van der Waals surface area contributed by atoms with Crippen molar-refractivity contribution in [2.45, 2.75) is 287 Å². The van der Waals surface area contributed by atoms with Crippen LogP contribution in [0, 0.1) is 47.3 Å². The molecule has 0 unspecified atom stereocenters. The van der Waals surface area contributed by atoms with Gasteiger partial charge in [0.1, 0.15) is 90.4 Å². The molecule has 2 saturated heterocycles. The van der Waals surface area contributed by atoms with Gasteiger partial charge in [0, 0.05) is 26.3 Å². The van der Waals surface area contributed by atoms with Gasteiger partial charge in [-0.25, -0.2) is 4.79 Å². The Labute approximate surface area is 637 Å². The van der Waals surface area contributed by atoms with Crippen LogP contribution in [0.3, 0.4) is 0 Å². The van der Waals surface area contributed by atoms with E-state index < -0.39 is 209 Å². The zero-order valence-electron chi connectivity index (χ0n) is 67.1. The van der Waals surface area contributed by atoms with E-state index >= 15 is 9.59 Å². The number of nitrogens with one attached hydrogen (secondary N) is 12. The largest absolute Gasteiger partial charge is 0.460 e. The minimum Gasteiger partial charge on any atom is -0.460 e. The summed E-state index contributed by atoms with van der Waals surface area (Å²) in [6.45, 7) is 32.9. The minimum atomic E-state index is -1.83.